The molecule has 0 spiro atoms. The molecule has 1 N–H and O–H groups in total. The van der Waals surface area contributed by atoms with Gasteiger partial charge in [-0.1, -0.05) is 24.3 Å². The van der Waals surface area contributed by atoms with Crippen LogP contribution in [-0.4, -0.2) is 61.0 Å². The molecule has 4 atom stereocenters. The molecule has 236 valence electrons. The van der Waals surface area contributed by atoms with Gasteiger partial charge < -0.3 is 33.5 Å². The second-order valence-corrected chi connectivity index (χ2v) is 10.1. The molecular formula is C33H34NO11+. The minimum atomic E-state index is -1.10. The van der Waals surface area contributed by atoms with Crippen LogP contribution in [0.4, 0.5) is 0 Å². The number of nitrogens with zero attached hydrogens (tertiary/aromatic N) is 1. The summed E-state index contributed by atoms with van der Waals surface area (Å²) in [6.07, 6.45) is 2.66. The fourth-order valence-corrected chi connectivity index (χ4v) is 4.70. The van der Waals surface area contributed by atoms with Gasteiger partial charge in [0.1, 0.15) is 29.8 Å². The topological polar surface area (TPSA) is 148 Å². The summed E-state index contributed by atoms with van der Waals surface area (Å²) >= 11 is 0. The van der Waals surface area contributed by atoms with E-state index in [0.29, 0.717) is 11.5 Å². The molecule has 2 heterocycles. The number of methoxy groups -OCH3 is 1. The first-order valence-electron chi connectivity index (χ1n) is 14.0. The van der Waals surface area contributed by atoms with Crippen LogP contribution in [0.25, 0.3) is 12.2 Å². The molecule has 45 heavy (non-hydrogen) atoms. The van der Waals surface area contributed by atoms with Crippen molar-refractivity contribution in [2.75, 3.05) is 13.7 Å². The molecule has 1 aliphatic rings. The Kier molecular flexibility index (Phi) is 11.0. The highest BCUT2D eigenvalue weighted by atomic mass is 16.7. The molecular weight excluding hydrogens is 586 g/mol. The third-order valence-electron chi connectivity index (χ3n) is 6.66. The smallest absolute Gasteiger partial charge is 0.349 e. The Balaban J connectivity index is 1.49. The first kappa shape index (κ1) is 32.8. The highest BCUT2D eigenvalue weighted by Gasteiger charge is 2.54. The Morgan fingerprint density at radius 1 is 0.867 bits per heavy atom. The quantitative estimate of drug-likeness (QED) is 0.111. The van der Waals surface area contributed by atoms with Gasteiger partial charge in [0, 0.05) is 26.8 Å². The standard InChI is InChI=1S/C33H34NO11/c1-20(36)41-19-29-30(42-21(2)37)31(43-22(3)38)32(45-29)34-13-5-6-26(17-34)33(39)44-27-11-9-23(10-12-27)7-8-24-14-25(18-35)16-28(15-24)40-4/h5-17,29-32,35H,18-19H2,1-4H3/q+1/b8-7+/t29-,30-,31-,32-/m1/s1. The molecule has 1 fully saturated rings. The predicted molar refractivity (Wildman–Crippen MR) is 158 cm³/mol. The van der Waals surface area contributed by atoms with E-state index in [9.17, 15) is 24.3 Å². The number of rotatable bonds is 11. The number of aromatic nitrogens is 1. The number of hydrogen-bond acceptors (Lipinski definition) is 11. The summed E-state index contributed by atoms with van der Waals surface area (Å²) in [6.45, 7) is 3.26. The molecule has 1 aliphatic heterocycles. The first-order chi connectivity index (χ1) is 21.6. The number of carbonyl (C=O) groups is 4. The Morgan fingerprint density at radius 2 is 1.56 bits per heavy atom. The van der Waals surface area contributed by atoms with E-state index in [-0.39, 0.29) is 18.8 Å². The molecule has 0 bridgehead atoms. The third kappa shape index (κ3) is 8.97. The summed E-state index contributed by atoms with van der Waals surface area (Å²) < 4.78 is 34.3. The third-order valence-corrected chi connectivity index (χ3v) is 6.66. The lowest BCUT2D eigenvalue weighted by Gasteiger charge is -2.21. The van der Waals surface area contributed by atoms with Crippen molar-refractivity contribution in [3.63, 3.8) is 0 Å². The highest BCUT2D eigenvalue weighted by Crippen LogP contribution is 2.31. The Morgan fingerprint density at radius 3 is 2.20 bits per heavy atom. The molecule has 2 aromatic carbocycles. The number of aliphatic hydroxyl groups is 1. The van der Waals surface area contributed by atoms with Gasteiger partial charge in [-0.3, -0.25) is 14.4 Å². The number of hydrogen-bond donors (Lipinski definition) is 1. The van der Waals surface area contributed by atoms with Crippen LogP contribution in [-0.2, 0) is 39.9 Å². The minimum absolute atomic E-state index is 0.106. The van der Waals surface area contributed by atoms with Crippen LogP contribution in [0.2, 0.25) is 0 Å². The normalized spacial score (nSPS) is 19.1. The van der Waals surface area contributed by atoms with E-state index in [1.54, 1.807) is 55.8 Å². The maximum absolute atomic E-state index is 13.1. The summed E-state index contributed by atoms with van der Waals surface area (Å²) in [7, 11) is 1.56. The molecule has 0 radical (unpaired) electrons. The van der Waals surface area contributed by atoms with Crippen molar-refractivity contribution in [3.05, 3.63) is 89.2 Å². The van der Waals surface area contributed by atoms with Crippen molar-refractivity contribution in [2.45, 2.75) is 51.9 Å². The van der Waals surface area contributed by atoms with Gasteiger partial charge in [-0.05, 0) is 53.1 Å². The van der Waals surface area contributed by atoms with Crippen LogP contribution in [0.3, 0.4) is 0 Å². The fraction of sp³-hybridized carbons (Fsp3) is 0.303. The van der Waals surface area contributed by atoms with Crippen LogP contribution < -0.4 is 14.0 Å². The van der Waals surface area contributed by atoms with E-state index in [4.69, 9.17) is 28.4 Å². The van der Waals surface area contributed by atoms with Crippen LogP contribution >= 0.6 is 0 Å². The molecule has 0 aliphatic carbocycles. The fourth-order valence-electron chi connectivity index (χ4n) is 4.70. The summed E-state index contributed by atoms with van der Waals surface area (Å²) in [5.41, 5.74) is 2.59. The number of benzene rings is 2. The van der Waals surface area contributed by atoms with E-state index in [1.807, 2.05) is 24.3 Å². The average Bonchev–Trinajstić information content (AvgIpc) is 3.34. The van der Waals surface area contributed by atoms with Crippen molar-refractivity contribution in [2.24, 2.45) is 0 Å². The second kappa shape index (κ2) is 15.1. The van der Waals surface area contributed by atoms with Gasteiger partial charge in [0.15, 0.2) is 18.5 Å². The predicted octanol–water partition coefficient (Wildman–Crippen LogP) is 3.19. The van der Waals surface area contributed by atoms with Gasteiger partial charge in [-0.2, -0.15) is 4.57 Å². The van der Waals surface area contributed by atoms with E-state index < -0.39 is 48.4 Å². The lowest BCUT2D eigenvalue weighted by Crippen LogP contribution is -2.48. The lowest BCUT2D eigenvalue weighted by atomic mass is 10.1. The number of carbonyl (C=O) groups excluding carboxylic acids is 4. The molecule has 1 aromatic heterocycles. The molecule has 12 nitrogen and oxygen atoms in total. The summed E-state index contributed by atoms with van der Waals surface area (Å²) in [5, 5.41) is 9.47. The largest absolute Gasteiger partial charge is 0.497 e. The second-order valence-electron chi connectivity index (χ2n) is 10.1. The van der Waals surface area contributed by atoms with Crippen LogP contribution in [0, 0.1) is 0 Å². The van der Waals surface area contributed by atoms with E-state index in [1.165, 1.54) is 31.5 Å². The summed E-state index contributed by atoms with van der Waals surface area (Å²) in [5.74, 6) is -1.57. The molecule has 0 saturated carbocycles. The molecule has 3 aromatic rings. The Labute approximate surface area is 259 Å². The monoisotopic (exact) mass is 620 g/mol. The zero-order chi connectivity index (χ0) is 32.5. The Bertz CT molecular complexity index is 1540. The molecule has 1 saturated heterocycles. The molecule has 12 heteroatoms. The zero-order valence-electron chi connectivity index (χ0n) is 25.2. The van der Waals surface area contributed by atoms with Crippen molar-refractivity contribution >= 4 is 36.0 Å². The SMILES string of the molecule is COc1cc(/C=C/c2ccc(OC(=O)c3ccc[n+]([C@@H]4O[C@H](COC(C)=O)[C@@H](OC(C)=O)[C@H]4OC(C)=O)c3)cc2)cc(CO)c1. The lowest BCUT2D eigenvalue weighted by molar-refractivity contribution is -0.765. The van der Waals surface area contributed by atoms with Crippen molar-refractivity contribution in [3.8, 4) is 11.5 Å². The van der Waals surface area contributed by atoms with Gasteiger partial charge >= 0.3 is 30.1 Å². The van der Waals surface area contributed by atoms with E-state index >= 15 is 0 Å². The highest BCUT2D eigenvalue weighted by molar-refractivity contribution is 5.90. The number of aliphatic hydroxyl groups excluding tert-OH is 1. The van der Waals surface area contributed by atoms with Gasteiger partial charge in [-0.25, -0.2) is 4.79 Å². The minimum Gasteiger partial charge on any atom is -0.497 e. The molecule has 0 unspecified atom stereocenters. The van der Waals surface area contributed by atoms with Gasteiger partial charge in [0.05, 0.1) is 13.7 Å². The number of pyridine rings is 1. The average molecular weight is 621 g/mol. The first-order valence-corrected chi connectivity index (χ1v) is 14.0. The van der Waals surface area contributed by atoms with Crippen molar-refractivity contribution in [1.29, 1.82) is 0 Å². The maximum atomic E-state index is 13.1. The van der Waals surface area contributed by atoms with Crippen LogP contribution in [0.5, 0.6) is 11.5 Å². The Hall–Kier alpha value is -5.07. The van der Waals surface area contributed by atoms with E-state index in [0.717, 1.165) is 16.7 Å². The summed E-state index contributed by atoms with van der Waals surface area (Å²) in [4.78, 5) is 48.3. The maximum Gasteiger partial charge on any atom is 0.349 e. The number of ether oxygens (including phenoxy) is 6. The van der Waals surface area contributed by atoms with Gasteiger partial charge in [0.2, 0.25) is 6.10 Å². The number of esters is 4. The van der Waals surface area contributed by atoms with Crippen molar-refractivity contribution in [1.82, 2.24) is 0 Å². The van der Waals surface area contributed by atoms with Gasteiger partial charge in [0.25, 0.3) is 0 Å². The van der Waals surface area contributed by atoms with Crippen LogP contribution in [0.15, 0.2) is 67.0 Å². The van der Waals surface area contributed by atoms with E-state index in [2.05, 4.69) is 0 Å². The summed E-state index contributed by atoms with van der Waals surface area (Å²) in [6, 6.07) is 15.5. The zero-order valence-corrected chi connectivity index (χ0v) is 25.2. The van der Waals surface area contributed by atoms with Crippen LogP contribution in [0.1, 0.15) is 54.0 Å². The molecule has 0 amide bonds. The van der Waals surface area contributed by atoms with Gasteiger partial charge in [-0.15, -0.1) is 0 Å². The van der Waals surface area contributed by atoms with Crippen molar-refractivity contribution < 1.29 is 57.3 Å². The molecule has 4 rings (SSSR count).